The standard InChI is InChI=1S/C40H35N3O/c1-26(2)33-17-11-18-34(27(3)4)39(33)43-38-21-8-7-20-37(38)42-40(43)30-14-10-16-32(25-30)44-31-15-9-13-29(24-31)36-23-22-28-12-5-6-19-35(28)41-36/h5-27H,1-4H3. The van der Waals surface area contributed by atoms with Gasteiger partial charge in [-0.3, -0.25) is 4.57 Å². The smallest absolute Gasteiger partial charge is 0.145 e. The summed E-state index contributed by atoms with van der Waals surface area (Å²) in [5.74, 6) is 3.13. The first-order valence-electron chi connectivity index (χ1n) is 15.3. The number of aromatic nitrogens is 3. The number of ether oxygens (including phenoxy) is 1. The number of fused-ring (bicyclic) bond motifs is 2. The summed E-state index contributed by atoms with van der Waals surface area (Å²) in [5, 5.41) is 1.13. The second-order valence-electron chi connectivity index (χ2n) is 11.9. The molecule has 0 aliphatic carbocycles. The third-order valence-electron chi connectivity index (χ3n) is 8.18. The monoisotopic (exact) mass is 573 g/mol. The van der Waals surface area contributed by atoms with Crippen LogP contribution < -0.4 is 4.74 Å². The van der Waals surface area contributed by atoms with Crippen molar-refractivity contribution in [3.63, 3.8) is 0 Å². The van der Waals surface area contributed by atoms with Crippen LogP contribution in [0.25, 0.3) is 50.3 Å². The number of rotatable bonds is 7. The molecule has 0 unspecified atom stereocenters. The van der Waals surface area contributed by atoms with E-state index in [1.165, 1.54) is 16.8 Å². The van der Waals surface area contributed by atoms with Gasteiger partial charge in [-0.15, -0.1) is 0 Å². The molecule has 0 radical (unpaired) electrons. The summed E-state index contributed by atoms with van der Waals surface area (Å²) < 4.78 is 8.82. The summed E-state index contributed by atoms with van der Waals surface area (Å²) in [4.78, 5) is 10.1. The lowest BCUT2D eigenvalue weighted by molar-refractivity contribution is 0.483. The first-order valence-corrected chi connectivity index (χ1v) is 15.3. The van der Waals surface area contributed by atoms with Crippen molar-refractivity contribution in [2.75, 3.05) is 0 Å². The van der Waals surface area contributed by atoms with Crippen molar-refractivity contribution >= 4 is 21.9 Å². The van der Waals surface area contributed by atoms with E-state index in [2.05, 4.69) is 111 Å². The van der Waals surface area contributed by atoms with Gasteiger partial charge in [-0.2, -0.15) is 0 Å². The van der Waals surface area contributed by atoms with E-state index in [0.29, 0.717) is 11.8 Å². The summed E-state index contributed by atoms with van der Waals surface area (Å²) in [5.41, 5.74) is 9.82. The molecule has 0 bridgehead atoms. The van der Waals surface area contributed by atoms with Crippen molar-refractivity contribution in [1.82, 2.24) is 14.5 Å². The fourth-order valence-corrected chi connectivity index (χ4v) is 6.00. The van der Waals surface area contributed by atoms with Crippen molar-refractivity contribution in [2.45, 2.75) is 39.5 Å². The molecule has 0 saturated heterocycles. The predicted molar refractivity (Wildman–Crippen MR) is 182 cm³/mol. The number of imidazole rings is 1. The highest BCUT2D eigenvalue weighted by molar-refractivity contribution is 5.85. The minimum Gasteiger partial charge on any atom is -0.457 e. The molecule has 0 aliphatic rings. The van der Waals surface area contributed by atoms with E-state index in [0.717, 1.165) is 56.1 Å². The van der Waals surface area contributed by atoms with Gasteiger partial charge in [0.2, 0.25) is 0 Å². The van der Waals surface area contributed by atoms with Crippen LogP contribution in [0.5, 0.6) is 11.5 Å². The van der Waals surface area contributed by atoms with Gasteiger partial charge in [0.25, 0.3) is 0 Å². The van der Waals surface area contributed by atoms with E-state index in [4.69, 9.17) is 14.7 Å². The maximum absolute atomic E-state index is 6.47. The van der Waals surface area contributed by atoms with Gasteiger partial charge < -0.3 is 4.74 Å². The van der Waals surface area contributed by atoms with E-state index in [1.54, 1.807) is 0 Å². The molecule has 0 amide bonds. The van der Waals surface area contributed by atoms with Crippen LogP contribution in [0.4, 0.5) is 0 Å². The molecule has 7 rings (SSSR count). The molecule has 0 atom stereocenters. The molecule has 4 nitrogen and oxygen atoms in total. The average molecular weight is 574 g/mol. The largest absolute Gasteiger partial charge is 0.457 e. The third kappa shape index (κ3) is 5.13. The summed E-state index contributed by atoms with van der Waals surface area (Å²) in [7, 11) is 0. The lowest BCUT2D eigenvalue weighted by Gasteiger charge is -2.22. The summed E-state index contributed by atoms with van der Waals surface area (Å²) >= 11 is 0. The molecule has 4 heteroatoms. The van der Waals surface area contributed by atoms with Crippen molar-refractivity contribution < 1.29 is 4.74 Å². The Morgan fingerprint density at radius 3 is 1.89 bits per heavy atom. The minimum atomic E-state index is 0.358. The molecule has 44 heavy (non-hydrogen) atoms. The Hall–Kier alpha value is -5.22. The second kappa shape index (κ2) is 11.5. The SMILES string of the molecule is CC(C)c1cccc(C(C)C)c1-n1c(-c2cccc(Oc3cccc(-c4ccc5ccccc5n4)c3)c2)nc2ccccc21. The number of hydrogen-bond acceptors (Lipinski definition) is 3. The molecule has 0 N–H and O–H groups in total. The van der Waals surface area contributed by atoms with Crippen LogP contribution in [0, 0.1) is 0 Å². The number of nitrogens with zero attached hydrogens (tertiary/aromatic N) is 3. The number of para-hydroxylation sites is 4. The summed E-state index contributed by atoms with van der Waals surface area (Å²) in [6.45, 7) is 9.05. The molecule has 0 fully saturated rings. The second-order valence-corrected chi connectivity index (χ2v) is 11.9. The fraction of sp³-hybridized carbons (Fsp3) is 0.150. The maximum atomic E-state index is 6.47. The van der Waals surface area contributed by atoms with Gasteiger partial charge in [-0.05, 0) is 71.5 Å². The Kier molecular flexibility index (Phi) is 7.19. The molecule has 216 valence electrons. The quantitative estimate of drug-likeness (QED) is 0.190. The first kappa shape index (κ1) is 27.6. The predicted octanol–water partition coefficient (Wildman–Crippen LogP) is 10.9. The normalized spacial score (nSPS) is 11.6. The molecule has 5 aromatic carbocycles. The Balaban J connectivity index is 1.30. The highest BCUT2D eigenvalue weighted by Gasteiger charge is 2.22. The zero-order valence-corrected chi connectivity index (χ0v) is 25.5. The highest BCUT2D eigenvalue weighted by atomic mass is 16.5. The molecular formula is C40H35N3O. The Morgan fingerprint density at radius 1 is 0.545 bits per heavy atom. The van der Waals surface area contributed by atoms with Crippen molar-refractivity contribution in [3.8, 4) is 39.8 Å². The third-order valence-corrected chi connectivity index (χ3v) is 8.18. The molecule has 0 aliphatic heterocycles. The minimum absolute atomic E-state index is 0.358. The first-order chi connectivity index (χ1) is 21.5. The van der Waals surface area contributed by atoms with E-state index in [9.17, 15) is 0 Å². The molecular weight excluding hydrogens is 538 g/mol. The van der Waals surface area contributed by atoms with Gasteiger partial charge in [0, 0.05) is 16.5 Å². The van der Waals surface area contributed by atoms with Crippen LogP contribution in [0.3, 0.4) is 0 Å². The Bertz CT molecular complexity index is 2100. The topological polar surface area (TPSA) is 39.9 Å². The van der Waals surface area contributed by atoms with Crippen molar-refractivity contribution in [1.29, 1.82) is 0 Å². The van der Waals surface area contributed by atoms with E-state index in [-0.39, 0.29) is 0 Å². The van der Waals surface area contributed by atoms with Crippen molar-refractivity contribution in [2.24, 2.45) is 0 Å². The summed E-state index contributed by atoms with van der Waals surface area (Å²) in [6.07, 6.45) is 0. The van der Waals surface area contributed by atoms with Gasteiger partial charge in [0.1, 0.15) is 17.3 Å². The van der Waals surface area contributed by atoms with Crippen LogP contribution in [-0.2, 0) is 0 Å². The van der Waals surface area contributed by atoms with Crippen LogP contribution in [0.1, 0.15) is 50.7 Å². The van der Waals surface area contributed by atoms with E-state index < -0.39 is 0 Å². The van der Waals surface area contributed by atoms with Gasteiger partial charge in [-0.25, -0.2) is 9.97 Å². The van der Waals surface area contributed by atoms with E-state index in [1.807, 2.05) is 48.5 Å². The Morgan fingerprint density at radius 2 is 1.16 bits per heavy atom. The zero-order chi connectivity index (χ0) is 30.2. The molecule has 0 saturated carbocycles. The summed E-state index contributed by atoms with van der Waals surface area (Å²) in [6, 6.07) is 43.8. The molecule has 0 spiro atoms. The Labute approximate surface area is 258 Å². The zero-order valence-electron chi connectivity index (χ0n) is 25.5. The lowest BCUT2D eigenvalue weighted by atomic mass is 9.92. The molecule has 7 aromatic rings. The fourth-order valence-electron chi connectivity index (χ4n) is 6.00. The number of pyridine rings is 1. The van der Waals surface area contributed by atoms with Gasteiger partial charge >= 0.3 is 0 Å². The van der Waals surface area contributed by atoms with E-state index >= 15 is 0 Å². The van der Waals surface area contributed by atoms with Crippen LogP contribution in [0.15, 0.2) is 127 Å². The van der Waals surface area contributed by atoms with Gasteiger partial charge in [0.05, 0.1) is 27.9 Å². The van der Waals surface area contributed by atoms with Crippen LogP contribution in [-0.4, -0.2) is 14.5 Å². The average Bonchev–Trinajstić information content (AvgIpc) is 3.44. The maximum Gasteiger partial charge on any atom is 0.145 e. The van der Waals surface area contributed by atoms with Crippen molar-refractivity contribution in [3.05, 3.63) is 139 Å². The number of benzene rings is 5. The molecule has 2 aromatic heterocycles. The van der Waals surface area contributed by atoms with Gasteiger partial charge in [0.15, 0.2) is 0 Å². The lowest BCUT2D eigenvalue weighted by Crippen LogP contribution is -2.08. The van der Waals surface area contributed by atoms with Crippen LogP contribution in [0.2, 0.25) is 0 Å². The molecule has 2 heterocycles. The van der Waals surface area contributed by atoms with Crippen LogP contribution >= 0.6 is 0 Å². The highest BCUT2D eigenvalue weighted by Crippen LogP contribution is 2.38. The number of hydrogen-bond donors (Lipinski definition) is 0. The van der Waals surface area contributed by atoms with Gasteiger partial charge in [-0.1, -0.05) is 107 Å².